The van der Waals surface area contributed by atoms with Crippen molar-refractivity contribution in [3.05, 3.63) is 69.5 Å². The average Bonchev–Trinajstić information content (AvgIpc) is 2.88. The number of carbonyl (C=O) groups excluding carboxylic acids is 2. The highest BCUT2D eigenvalue weighted by atomic mass is 35.5. The number of carbonyl (C=O) groups is 2. The van der Waals surface area contributed by atoms with Gasteiger partial charge in [0.05, 0.1) is 0 Å². The van der Waals surface area contributed by atoms with E-state index in [1.165, 1.54) is 23.1 Å². The van der Waals surface area contributed by atoms with Crippen molar-refractivity contribution in [3.63, 3.8) is 0 Å². The van der Waals surface area contributed by atoms with E-state index < -0.39 is 46.2 Å². The lowest BCUT2D eigenvalue weighted by molar-refractivity contribution is -0.271. The minimum absolute atomic E-state index is 0.0262. The summed E-state index contributed by atoms with van der Waals surface area (Å²) in [6.45, 7) is 6.06. The van der Waals surface area contributed by atoms with E-state index in [-0.39, 0.29) is 29.1 Å². The van der Waals surface area contributed by atoms with E-state index >= 15 is 0 Å². The summed E-state index contributed by atoms with van der Waals surface area (Å²) in [5.74, 6) is -1.91. The summed E-state index contributed by atoms with van der Waals surface area (Å²) < 4.78 is 68.5. The number of alkyl halides is 3. The van der Waals surface area contributed by atoms with Crippen LogP contribution in [-0.4, -0.2) is 66.9 Å². The molecule has 1 unspecified atom stereocenters. The molecule has 2 aromatic carbocycles. The van der Waals surface area contributed by atoms with Gasteiger partial charge in [-0.1, -0.05) is 35.3 Å². The first-order chi connectivity index (χ1) is 19.5. The Labute approximate surface area is 252 Å². The molecule has 2 amide bonds. The van der Waals surface area contributed by atoms with E-state index in [0.29, 0.717) is 32.4 Å². The van der Waals surface area contributed by atoms with Crippen molar-refractivity contribution in [2.45, 2.75) is 63.3 Å². The Morgan fingerprint density at radius 2 is 1.43 bits per heavy atom. The zero-order valence-electron chi connectivity index (χ0n) is 23.9. The summed E-state index contributed by atoms with van der Waals surface area (Å²) >= 11 is 12.0. The largest absolute Gasteiger partial charge is 0.444 e. The molecule has 42 heavy (non-hydrogen) atoms. The van der Waals surface area contributed by atoms with Crippen LogP contribution in [0.1, 0.15) is 57.1 Å². The van der Waals surface area contributed by atoms with Gasteiger partial charge < -0.3 is 19.3 Å². The van der Waals surface area contributed by atoms with Gasteiger partial charge >= 0.3 is 12.3 Å². The summed E-state index contributed by atoms with van der Waals surface area (Å²) in [5.41, 5.74) is -4.14. The molecule has 2 saturated heterocycles. The fourth-order valence-corrected chi connectivity index (χ4v) is 6.67. The molecule has 2 aromatic rings. The minimum atomic E-state index is -5.11. The molecule has 2 fully saturated rings. The van der Waals surface area contributed by atoms with Crippen LogP contribution in [0.25, 0.3) is 0 Å². The lowest BCUT2D eigenvalue weighted by Crippen LogP contribution is -2.60. The topological polar surface area (TPSA) is 59.1 Å². The maximum atomic E-state index is 14.7. The van der Waals surface area contributed by atoms with Crippen molar-refractivity contribution in [2.24, 2.45) is 5.41 Å². The maximum absolute atomic E-state index is 14.7. The molecular formula is C30H34Cl2F4N2O4. The molecule has 0 radical (unpaired) electrons. The van der Waals surface area contributed by atoms with E-state index in [9.17, 15) is 27.2 Å². The molecule has 2 atom stereocenters. The van der Waals surface area contributed by atoms with Gasteiger partial charge in [-0.05, 0) is 81.3 Å². The molecule has 2 aliphatic rings. The summed E-state index contributed by atoms with van der Waals surface area (Å²) in [6.07, 6.45) is -4.30. The van der Waals surface area contributed by atoms with Crippen molar-refractivity contribution < 1.29 is 36.6 Å². The zero-order chi connectivity index (χ0) is 31.1. The second-order valence-electron chi connectivity index (χ2n) is 12.0. The number of hydrogen-bond donors (Lipinski definition) is 0. The molecule has 0 N–H and O–H groups in total. The number of hydrogen-bond acceptors (Lipinski definition) is 4. The standard InChI is InChI=1S/C30H34Cl2F4N2O4/c1-27(2,3)42-26(40)38-14-11-28(24(18-38)19-5-7-23(33)8-6-19)9-12-37(13-10-28)25(39)29(41-4,30(34,35)36)20-15-21(31)17-22(32)16-20/h5-8,15-17,24H,9-14,18H2,1-4H3/t24-,29?/m0/s1. The third kappa shape index (κ3) is 6.36. The fraction of sp³-hybridized carbons (Fsp3) is 0.533. The second-order valence-corrected chi connectivity index (χ2v) is 12.8. The van der Waals surface area contributed by atoms with Gasteiger partial charge in [0.15, 0.2) is 0 Å². The Bertz CT molecular complexity index is 1290. The Morgan fingerprint density at radius 3 is 1.90 bits per heavy atom. The van der Waals surface area contributed by atoms with Crippen LogP contribution in [0, 0.1) is 11.2 Å². The molecule has 0 aliphatic carbocycles. The van der Waals surface area contributed by atoms with Gasteiger partial charge in [-0.3, -0.25) is 4.79 Å². The van der Waals surface area contributed by atoms with Gasteiger partial charge in [0.2, 0.25) is 0 Å². The van der Waals surface area contributed by atoms with Crippen LogP contribution in [0.3, 0.4) is 0 Å². The number of ether oxygens (including phenoxy) is 2. The Balaban J connectivity index is 1.63. The van der Waals surface area contributed by atoms with Gasteiger partial charge in [0.1, 0.15) is 11.4 Å². The van der Waals surface area contributed by atoms with Crippen LogP contribution in [0.15, 0.2) is 42.5 Å². The summed E-state index contributed by atoms with van der Waals surface area (Å²) in [7, 11) is 0.836. The van der Waals surface area contributed by atoms with E-state index in [4.69, 9.17) is 32.7 Å². The minimum Gasteiger partial charge on any atom is -0.444 e. The zero-order valence-corrected chi connectivity index (χ0v) is 25.4. The molecule has 2 heterocycles. The smallest absolute Gasteiger partial charge is 0.430 e. The number of halogens is 6. The van der Waals surface area contributed by atoms with Gasteiger partial charge in [0.25, 0.3) is 11.5 Å². The molecule has 0 saturated carbocycles. The highest BCUT2D eigenvalue weighted by Crippen LogP contribution is 2.52. The SMILES string of the molecule is COC(C(=O)N1CCC2(CCN(C(=O)OC(C)(C)C)C[C@H]2c2ccc(F)cc2)CC1)(c1cc(Cl)cc(Cl)c1)C(F)(F)F. The predicted molar refractivity (Wildman–Crippen MR) is 151 cm³/mol. The first kappa shape index (κ1) is 32.4. The monoisotopic (exact) mass is 632 g/mol. The second kappa shape index (κ2) is 11.8. The Morgan fingerprint density at radius 1 is 0.905 bits per heavy atom. The number of piperidine rings is 2. The number of likely N-dealkylation sites (tertiary alicyclic amines) is 2. The fourth-order valence-electron chi connectivity index (χ4n) is 6.15. The van der Waals surface area contributed by atoms with Crippen molar-refractivity contribution in [1.82, 2.24) is 9.80 Å². The Kier molecular flexibility index (Phi) is 9.13. The van der Waals surface area contributed by atoms with Crippen LogP contribution in [0.5, 0.6) is 0 Å². The molecular weight excluding hydrogens is 599 g/mol. The van der Waals surface area contributed by atoms with E-state index in [0.717, 1.165) is 24.8 Å². The molecule has 230 valence electrons. The van der Waals surface area contributed by atoms with Crippen molar-refractivity contribution in [1.29, 1.82) is 0 Å². The number of methoxy groups -OCH3 is 1. The molecule has 0 aromatic heterocycles. The van der Waals surface area contributed by atoms with Gasteiger partial charge in [-0.15, -0.1) is 0 Å². The third-order valence-electron chi connectivity index (χ3n) is 8.27. The van der Waals surface area contributed by atoms with Crippen LogP contribution < -0.4 is 0 Å². The van der Waals surface area contributed by atoms with E-state index in [1.807, 2.05) is 0 Å². The molecule has 12 heteroatoms. The van der Waals surface area contributed by atoms with Crippen LogP contribution in [0.2, 0.25) is 10.0 Å². The van der Waals surface area contributed by atoms with Gasteiger partial charge in [0, 0.05) is 54.8 Å². The summed E-state index contributed by atoms with van der Waals surface area (Å²) in [5, 5.41) is -0.125. The average molecular weight is 634 g/mol. The maximum Gasteiger partial charge on any atom is 0.430 e. The summed E-state index contributed by atoms with van der Waals surface area (Å²) in [4.78, 5) is 29.4. The van der Waals surface area contributed by atoms with Crippen LogP contribution in [-0.2, 0) is 19.9 Å². The third-order valence-corrected chi connectivity index (χ3v) is 8.70. The number of nitrogens with zero attached hydrogens (tertiary/aromatic N) is 2. The van der Waals surface area contributed by atoms with Gasteiger partial charge in [-0.25, -0.2) is 9.18 Å². The first-order valence-electron chi connectivity index (χ1n) is 13.6. The highest BCUT2D eigenvalue weighted by molar-refractivity contribution is 6.34. The van der Waals surface area contributed by atoms with Crippen molar-refractivity contribution >= 4 is 35.2 Å². The number of benzene rings is 2. The molecule has 2 aliphatic heterocycles. The normalized spacial score (nSPS) is 20.8. The number of amides is 2. The molecule has 1 spiro atoms. The number of rotatable bonds is 4. The van der Waals surface area contributed by atoms with Gasteiger partial charge in [-0.2, -0.15) is 13.2 Å². The first-order valence-corrected chi connectivity index (χ1v) is 14.4. The molecule has 6 nitrogen and oxygen atoms in total. The molecule has 0 bridgehead atoms. The van der Waals surface area contributed by atoms with E-state index in [2.05, 4.69) is 0 Å². The lowest BCUT2D eigenvalue weighted by Gasteiger charge is -2.52. The lowest BCUT2D eigenvalue weighted by atomic mass is 9.62. The van der Waals surface area contributed by atoms with E-state index in [1.54, 1.807) is 37.8 Å². The van der Waals surface area contributed by atoms with Crippen molar-refractivity contribution in [3.8, 4) is 0 Å². The highest BCUT2D eigenvalue weighted by Gasteiger charge is 2.64. The molecule has 4 rings (SSSR count). The summed E-state index contributed by atoms with van der Waals surface area (Å²) in [6, 6.07) is 9.37. The Hall–Kier alpha value is -2.56. The van der Waals surface area contributed by atoms with Crippen LogP contribution >= 0.6 is 23.2 Å². The predicted octanol–water partition coefficient (Wildman–Crippen LogP) is 7.57. The van der Waals surface area contributed by atoms with Crippen molar-refractivity contribution in [2.75, 3.05) is 33.3 Å². The van der Waals surface area contributed by atoms with Crippen LogP contribution in [0.4, 0.5) is 22.4 Å². The quantitative estimate of drug-likeness (QED) is 0.326.